The molecule has 0 heterocycles. The van der Waals surface area contributed by atoms with Crippen LogP contribution < -0.4 is 15.4 Å². The van der Waals surface area contributed by atoms with Crippen molar-refractivity contribution in [3.63, 3.8) is 0 Å². The lowest BCUT2D eigenvalue weighted by Crippen LogP contribution is -2.22. The van der Waals surface area contributed by atoms with Gasteiger partial charge in [-0.05, 0) is 48.2 Å². The Hall–Kier alpha value is -4.13. The number of carbonyl (C=O) groups excluding carboxylic acids is 3. The summed E-state index contributed by atoms with van der Waals surface area (Å²) >= 11 is 0. The molecule has 2 amide bonds. The van der Waals surface area contributed by atoms with Gasteiger partial charge in [0.05, 0.1) is 18.4 Å². The first-order chi connectivity index (χ1) is 16.0. The van der Waals surface area contributed by atoms with Crippen LogP contribution in [0.25, 0.3) is 0 Å². The van der Waals surface area contributed by atoms with Crippen molar-refractivity contribution in [2.45, 2.75) is 19.8 Å². The van der Waals surface area contributed by atoms with Crippen LogP contribution in [0.5, 0.6) is 5.75 Å². The van der Waals surface area contributed by atoms with Gasteiger partial charge in [-0.1, -0.05) is 48.5 Å². The van der Waals surface area contributed by atoms with E-state index in [1.807, 2.05) is 42.5 Å². The van der Waals surface area contributed by atoms with Crippen molar-refractivity contribution in [2.24, 2.45) is 0 Å². The van der Waals surface area contributed by atoms with Crippen LogP contribution in [-0.4, -0.2) is 31.5 Å². The highest BCUT2D eigenvalue weighted by Gasteiger charge is 2.15. The van der Waals surface area contributed by atoms with Gasteiger partial charge in [-0.25, -0.2) is 4.79 Å². The van der Waals surface area contributed by atoms with Crippen molar-refractivity contribution in [1.29, 1.82) is 0 Å². The third kappa shape index (κ3) is 6.93. The van der Waals surface area contributed by atoms with Crippen LogP contribution in [0.15, 0.2) is 72.8 Å². The average Bonchev–Trinajstić information content (AvgIpc) is 2.82. The number of nitrogens with one attached hydrogen (secondary N) is 2. The number of esters is 1. The van der Waals surface area contributed by atoms with E-state index in [1.165, 1.54) is 19.6 Å². The first kappa shape index (κ1) is 23.5. The minimum Gasteiger partial charge on any atom is -0.495 e. The second-order valence-electron chi connectivity index (χ2n) is 7.36. The lowest BCUT2D eigenvalue weighted by molar-refractivity contribution is -0.119. The van der Waals surface area contributed by atoms with E-state index in [0.29, 0.717) is 29.1 Å². The first-order valence-corrected chi connectivity index (χ1v) is 10.5. The highest BCUT2D eigenvalue weighted by molar-refractivity contribution is 5.98. The molecular formula is C26H26N2O5. The Morgan fingerprint density at radius 3 is 2.30 bits per heavy atom. The quantitative estimate of drug-likeness (QED) is 0.480. The van der Waals surface area contributed by atoms with E-state index < -0.39 is 18.5 Å². The number of hydrogen-bond donors (Lipinski definition) is 2. The van der Waals surface area contributed by atoms with Crippen molar-refractivity contribution in [3.05, 3.63) is 89.5 Å². The number of ether oxygens (including phenoxy) is 2. The molecule has 0 saturated heterocycles. The molecule has 0 unspecified atom stereocenters. The van der Waals surface area contributed by atoms with Gasteiger partial charge in [-0.2, -0.15) is 0 Å². The summed E-state index contributed by atoms with van der Waals surface area (Å²) in [5.41, 5.74) is 3.33. The Morgan fingerprint density at radius 2 is 1.58 bits per heavy atom. The molecule has 0 saturated carbocycles. The lowest BCUT2D eigenvalue weighted by atomic mass is 10.00. The number of amides is 2. The van der Waals surface area contributed by atoms with Gasteiger partial charge in [0.2, 0.25) is 5.91 Å². The van der Waals surface area contributed by atoms with E-state index in [2.05, 4.69) is 10.6 Å². The molecule has 0 spiro atoms. The van der Waals surface area contributed by atoms with E-state index in [1.54, 1.807) is 30.3 Å². The molecule has 33 heavy (non-hydrogen) atoms. The van der Waals surface area contributed by atoms with Gasteiger partial charge in [-0.3, -0.25) is 9.59 Å². The van der Waals surface area contributed by atoms with E-state index in [4.69, 9.17) is 9.47 Å². The second-order valence-corrected chi connectivity index (χ2v) is 7.36. The Bertz CT molecular complexity index is 1130. The van der Waals surface area contributed by atoms with Crippen molar-refractivity contribution in [3.8, 4) is 5.75 Å². The standard InChI is InChI=1S/C26H26N2O5/c1-18(29)27-21-14-15-24(32-2)23(16-21)28-25(30)17-33-26(31)22-11-7-6-10-20(22)13-12-19-8-4-3-5-9-19/h3-11,14-16H,12-13,17H2,1-2H3,(H,27,29)(H,28,30). The van der Waals surface area contributed by atoms with Gasteiger partial charge in [0.25, 0.3) is 5.91 Å². The fourth-order valence-corrected chi connectivity index (χ4v) is 3.34. The van der Waals surface area contributed by atoms with Crippen LogP contribution in [0.3, 0.4) is 0 Å². The van der Waals surface area contributed by atoms with Gasteiger partial charge in [0, 0.05) is 12.6 Å². The van der Waals surface area contributed by atoms with E-state index in [0.717, 1.165) is 12.0 Å². The van der Waals surface area contributed by atoms with Crippen LogP contribution in [0.1, 0.15) is 28.4 Å². The second kappa shape index (κ2) is 11.5. The van der Waals surface area contributed by atoms with Gasteiger partial charge in [-0.15, -0.1) is 0 Å². The zero-order chi connectivity index (χ0) is 23.6. The number of hydrogen-bond acceptors (Lipinski definition) is 5. The highest BCUT2D eigenvalue weighted by Crippen LogP contribution is 2.28. The molecular weight excluding hydrogens is 420 g/mol. The first-order valence-electron chi connectivity index (χ1n) is 10.5. The summed E-state index contributed by atoms with van der Waals surface area (Å²) in [6.45, 7) is 0.930. The van der Waals surface area contributed by atoms with E-state index in [-0.39, 0.29) is 5.91 Å². The predicted octanol–water partition coefficient (Wildman–Crippen LogP) is 4.23. The smallest absolute Gasteiger partial charge is 0.338 e. The fraction of sp³-hybridized carbons (Fsp3) is 0.192. The summed E-state index contributed by atoms with van der Waals surface area (Å²) in [7, 11) is 1.47. The molecule has 3 aromatic rings. The predicted molar refractivity (Wildman–Crippen MR) is 127 cm³/mol. The normalized spacial score (nSPS) is 10.2. The number of methoxy groups -OCH3 is 1. The van der Waals surface area contributed by atoms with Crippen molar-refractivity contribution >= 4 is 29.2 Å². The van der Waals surface area contributed by atoms with Crippen LogP contribution in [0, 0.1) is 0 Å². The molecule has 0 atom stereocenters. The maximum absolute atomic E-state index is 12.7. The van der Waals surface area contributed by atoms with E-state index >= 15 is 0 Å². The highest BCUT2D eigenvalue weighted by atomic mass is 16.5. The molecule has 0 fully saturated rings. The summed E-state index contributed by atoms with van der Waals surface area (Å²) in [6, 6.07) is 22.1. The van der Waals surface area contributed by atoms with Gasteiger partial charge in [0.1, 0.15) is 5.75 Å². The molecule has 0 bridgehead atoms. The van der Waals surface area contributed by atoms with Crippen molar-refractivity contribution < 1.29 is 23.9 Å². The van der Waals surface area contributed by atoms with Gasteiger partial charge < -0.3 is 20.1 Å². The maximum atomic E-state index is 12.7. The van der Waals surface area contributed by atoms with Gasteiger partial charge in [0.15, 0.2) is 6.61 Å². The Morgan fingerprint density at radius 1 is 0.848 bits per heavy atom. The number of benzene rings is 3. The monoisotopic (exact) mass is 446 g/mol. The number of rotatable bonds is 9. The lowest BCUT2D eigenvalue weighted by Gasteiger charge is -2.13. The van der Waals surface area contributed by atoms with Gasteiger partial charge >= 0.3 is 5.97 Å². The Balaban J connectivity index is 1.61. The third-order valence-corrected chi connectivity index (χ3v) is 4.89. The largest absolute Gasteiger partial charge is 0.495 e. The average molecular weight is 447 g/mol. The summed E-state index contributed by atoms with van der Waals surface area (Å²) < 4.78 is 10.5. The maximum Gasteiger partial charge on any atom is 0.338 e. The van der Waals surface area contributed by atoms with Crippen LogP contribution in [-0.2, 0) is 27.2 Å². The minimum absolute atomic E-state index is 0.239. The molecule has 2 N–H and O–H groups in total. The molecule has 3 aromatic carbocycles. The molecule has 0 radical (unpaired) electrons. The molecule has 0 aromatic heterocycles. The molecule has 3 rings (SSSR count). The zero-order valence-electron chi connectivity index (χ0n) is 18.6. The van der Waals surface area contributed by atoms with Crippen molar-refractivity contribution in [1.82, 2.24) is 0 Å². The number of anilines is 2. The van der Waals surface area contributed by atoms with Crippen molar-refractivity contribution in [2.75, 3.05) is 24.4 Å². The third-order valence-electron chi connectivity index (χ3n) is 4.89. The molecule has 170 valence electrons. The molecule has 0 aliphatic rings. The van der Waals surface area contributed by atoms with Crippen LogP contribution in [0.2, 0.25) is 0 Å². The fourth-order valence-electron chi connectivity index (χ4n) is 3.34. The molecule has 0 aliphatic heterocycles. The number of aryl methyl sites for hydroxylation is 2. The summed E-state index contributed by atoms with van der Waals surface area (Å²) in [5, 5.41) is 5.29. The number of carbonyl (C=O) groups is 3. The molecule has 0 aliphatic carbocycles. The topological polar surface area (TPSA) is 93.7 Å². The Labute approximate surface area is 192 Å². The van der Waals surface area contributed by atoms with Crippen LogP contribution in [0.4, 0.5) is 11.4 Å². The van der Waals surface area contributed by atoms with Crippen LogP contribution >= 0.6 is 0 Å². The SMILES string of the molecule is COc1ccc(NC(C)=O)cc1NC(=O)COC(=O)c1ccccc1CCc1ccccc1. The Kier molecular flexibility index (Phi) is 8.18. The summed E-state index contributed by atoms with van der Waals surface area (Å²) in [5.74, 6) is -0.913. The molecule has 7 nitrogen and oxygen atoms in total. The van der Waals surface area contributed by atoms with E-state index in [9.17, 15) is 14.4 Å². The summed E-state index contributed by atoms with van der Waals surface area (Å²) in [6.07, 6.45) is 1.46. The summed E-state index contributed by atoms with van der Waals surface area (Å²) in [4.78, 5) is 36.4. The molecule has 7 heteroatoms. The zero-order valence-corrected chi connectivity index (χ0v) is 18.6. The minimum atomic E-state index is -0.562.